The minimum atomic E-state index is -0.0822. The summed E-state index contributed by atoms with van der Waals surface area (Å²) < 4.78 is 7.83. The van der Waals surface area contributed by atoms with E-state index in [1.807, 2.05) is 51.4 Å². The van der Waals surface area contributed by atoms with Crippen LogP contribution in [0.1, 0.15) is 53.4 Å². The molecule has 4 rings (SSSR count). The predicted molar refractivity (Wildman–Crippen MR) is 134 cm³/mol. The zero-order valence-corrected chi connectivity index (χ0v) is 20.8. The molecule has 0 aliphatic carbocycles. The summed E-state index contributed by atoms with van der Waals surface area (Å²) in [6, 6.07) is 10.2. The minimum Gasteiger partial charge on any atom is -0.494 e. The molecule has 34 heavy (non-hydrogen) atoms. The molecule has 1 atom stereocenters. The quantitative estimate of drug-likeness (QED) is 0.482. The van der Waals surface area contributed by atoms with E-state index >= 15 is 0 Å². The van der Waals surface area contributed by atoms with E-state index in [1.54, 1.807) is 0 Å². The third kappa shape index (κ3) is 5.49. The molecular formula is C26H31N5O2S. The van der Waals surface area contributed by atoms with Gasteiger partial charge in [-0.25, -0.2) is 4.98 Å². The monoisotopic (exact) mass is 477 g/mol. The largest absolute Gasteiger partial charge is 0.494 e. The molecule has 8 heteroatoms. The normalized spacial score (nSPS) is 14.3. The van der Waals surface area contributed by atoms with Crippen molar-refractivity contribution >= 4 is 22.2 Å². The van der Waals surface area contributed by atoms with Gasteiger partial charge >= 0.3 is 0 Å². The van der Waals surface area contributed by atoms with Gasteiger partial charge in [0.05, 0.1) is 24.2 Å². The molecule has 1 aliphatic heterocycles. The highest BCUT2D eigenvalue weighted by atomic mass is 32.1. The molecule has 0 bridgehead atoms. The average Bonchev–Trinajstić information content (AvgIpc) is 3.39. The van der Waals surface area contributed by atoms with E-state index in [4.69, 9.17) is 4.74 Å². The standard InChI is InChI=1S/C26H31N5O2S/c1-4-33-23-8-6-5-7-20(23)18(2)13-25(32)29-26-22(14-27)21-9-10-30(16-24(21)34-26)11-12-31-15-19(3)28-17-31/h5-8,15,17-18H,4,9-13,16H2,1-3H3,(H,29,32). The Kier molecular flexibility index (Phi) is 7.66. The van der Waals surface area contributed by atoms with Gasteiger partial charge in [0.1, 0.15) is 16.8 Å². The Hall–Kier alpha value is -3.15. The van der Waals surface area contributed by atoms with Crippen LogP contribution in [-0.2, 0) is 24.3 Å². The first-order valence-corrected chi connectivity index (χ1v) is 12.6. The van der Waals surface area contributed by atoms with Crippen molar-refractivity contribution in [3.05, 3.63) is 64.1 Å². The van der Waals surface area contributed by atoms with E-state index < -0.39 is 0 Å². The van der Waals surface area contributed by atoms with Crippen LogP contribution in [0.15, 0.2) is 36.8 Å². The molecule has 178 valence electrons. The SMILES string of the molecule is CCOc1ccccc1C(C)CC(=O)Nc1sc2c(c1C#N)CCN(CCn1cnc(C)c1)C2. The van der Waals surface area contributed by atoms with Crippen LogP contribution in [-0.4, -0.2) is 40.1 Å². The van der Waals surface area contributed by atoms with Crippen LogP contribution < -0.4 is 10.1 Å². The summed E-state index contributed by atoms with van der Waals surface area (Å²) in [6.07, 6.45) is 5.07. The van der Waals surface area contributed by atoms with Crippen molar-refractivity contribution in [2.45, 2.75) is 52.6 Å². The molecule has 3 heterocycles. The van der Waals surface area contributed by atoms with Crippen LogP contribution in [0.3, 0.4) is 0 Å². The van der Waals surface area contributed by atoms with E-state index in [0.29, 0.717) is 23.6 Å². The fraction of sp³-hybridized carbons (Fsp3) is 0.423. The number of amides is 1. The maximum atomic E-state index is 12.9. The van der Waals surface area contributed by atoms with Gasteiger partial charge in [0, 0.05) is 43.7 Å². The Bertz CT molecular complexity index is 1190. The first kappa shape index (κ1) is 24.0. The number of benzene rings is 1. The third-order valence-electron chi connectivity index (χ3n) is 6.18. The highest BCUT2D eigenvalue weighted by Gasteiger charge is 2.26. The summed E-state index contributed by atoms with van der Waals surface area (Å²) in [4.78, 5) is 20.8. The second-order valence-electron chi connectivity index (χ2n) is 8.72. The summed E-state index contributed by atoms with van der Waals surface area (Å²) in [5.41, 5.74) is 3.76. The van der Waals surface area contributed by atoms with Crippen LogP contribution in [0, 0.1) is 18.3 Å². The average molecular weight is 478 g/mol. The number of anilines is 1. The number of rotatable bonds is 9. The number of aromatic nitrogens is 2. The molecule has 0 radical (unpaired) electrons. The van der Waals surface area contributed by atoms with Crippen LogP contribution in [0.2, 0.25) is 0 Å². The van der Waals surface area contributed by atoms with Gasteiger partial charge < -0.3 is 14.6 Å². The number of nitriles is 1. The molecule has 1 amide bonds. The van der Waals surface area contributed by atoms with Crippen molar-refractivity contribution < 1.29 is 9.53 Å². The van der Waals surface area contributed by atoms with Crippen molar-refractivity contribution in [2.24, 2.45) is 0 Å². The van der Waals surface area contributed by atoms with E-state index in [1.165, 1.54) is 16.2 Å². The molecule has 0 spiro atoms. The van der Waals surface area contributed by atoms with Gasteiger partial charge in [-0.15, -0.1) is 11.3 Å². The smallest absolute Gasteiger partial charge is 0.225 e. The van der Waals surface area contributed by atoms with Crippen molar-refractivity contribution in [3.63, 3.8) is 0 Å². The van der Waals surface area contributed by atoms with E-state index in [-0.39, 0.29) is 11.8 Å². The molecule has 3 aromatic rings. The third-order valence-corrected chi connectivity index (χ3v) is 7.31. The molecule has 7 nitrogen and oxygen atoms in total. The number of para-hydroxylation sites is 1. The maximum Gasteiger partial charge on any atom is 0.225 e. The van der Waals surface area contributed by atoms with Crippen molar-refractivity contribution in [1.29, 1.82) is 5.26 Å². The lowest BCUT2D eigenvalue weighted by Crippen LogP contribution is -2.32. The number of carbonyl (C=O) groups is 1. The lowest BCUT2D eigenvalue weighted by atomic mass is 9.96. The lowest BCUT2D eigenvalue weighted by Gasteiger charge is -2.26. The van der Waals surface area contributed by atoms with Gasteiger partial charge in [0.2, 0.25) is 5.91 Å². The van der Waals surface area contributed by atoms with Crippen molar-refractivity contribution in [2.75, 3.05) is 25.0 Å². The van der Waals surface area contributed by atoms with E-state index in [9.17, 15) is 10.1 Å². The predicted octanol–water partition coefficient (Wildman–Crippen LogP) is 4.71. The maximum absolute atomic E-state index is 12.9. The second-order valence-corrected chi connectivity index (χ2v) is 9.83. The number of nitrogens with zero attached hydrogens (tertiary/aromatic N) is 4. The molecule has 1 N–H and O–H groups in total. The Balaban J connectivity index is 1.40. The Morgan fingerprint density at radius 3 is 2.91 bits per heavy atom. The van der Waals surface area contributed by atoms with Crippen LogP contribution in [0.4, 0.5) is 5.00 Å². The summed E-state index contributed by atoms with van der Waals surface area (Å²) in [6.45, 7) is 10.1. The number of aryl methyl sites for hydroxylation is 1. The zero-order chi connectivity index (χ0) is 24.1. The zero-order valence-electron chi connectivity index (χ0n) is 20.0. The fourth-order valence-corrected chi connectivity index (χ4v) is 5.70. The molecule has 0 fully saturated rings. The van der Waals surface area contributed by atoms with Crippen molar-refractivity contribution in [1.82, 2.24) is 14.5 Å². The number of thiophene rings is 1. The number of fused-ring (bicyclic) bond motifs is 1. The molecule has 2 aromatic heterocycles. The molecular weight excluding hydrogens is 446 g/mol. The summed E-state index contributed by atoms with van der Waals surface area (Å²) in [5.74, 6) is 0.743. The highest BCUT2D eigenvalue weighted by Crippen LogP contribution is 2.37. The number of hydrogen-bond donors (Lipinski definition) is 1. The highest BCUT2D eigenvalue weighted by molar-refractivity contribution is 7.16. The number of carbonyl (C=O) groups excluding carboxylic acids is 1. The molecule has 1 aromatic carbocycles. The molecule has 1 unspecified atom stereocenters. The minimum absolute atomic E-state index is 0.00479. The van der Waals surface area contributed by atoms with Gasteiger partial charge in [-0.1, -0.05) is 25.1 Å². The van der Waals surface area contributed by atoms with Crippen LogP contribution in [0.25, 0.3) is 0 Å². The summed E-state index contributed by atoms with van der Waals surface area (Å²) in [5, 5.41) is 13.5. The van der Waals surface area contributed by atoms with Gasteiger partial charge in [-0.05, 0) is 43.4 Å². The number of imidazole rings is 1. The summed E-state index contributed by atoms with van der Waals surface area (Å²) in [7, 11) is 0. The number of nitrogens with one attached hydrogen (secondary N) is 1. The number of ether oxygens (including phenoxy) is 1. The van der Waals surface area contributed by atoms with Gasteiger partial charge in [0.25, 0.3) is 0 Å². The molecule has 1 aliphatic rings. The molecule has 0 saturated carbocycles. The topological polar surface area (TPSA) is 83.2 Å². The van der Waals surface area contributed by atoms with E-state index in [2.05, 4.69) is 32.0 Å². The Morgan fingerprint density at radius 2 is 2.18 bits per heavy atom. The first-order valence-electron chi connectivity index (χ1n) is 11.7. The first-order chi connectivity index (χ1) is 16.5. The van der Waals surface area contributed by atoms with Crippen LogP contribution in [0.5, 0.6) is 5.75 Å². The van der Waals surface area contributed by atoms with Crippen LogP contribution >= 0.6 is 11.3 Å². The number of hydrogen-bond acceptors (Lipinski definition) is 6. The lowest BCUT2D eigenvalue weighted by molar-refractivity contribution is -0.116. The van der Waals surface area contributed by atoms with Gasteiger partial charge in [-0.3, -0.25) is 9.69 Å². The Morgan fingerprint density at radius 1 is 1.35 bits per heavy atom. The van der Waals surface area contributed by atoms with Gasteiger partial charge in [-0.2, -0.15) is 5.26 Å². The van der Waals surface area contributed by atoms with Crippen molar-refractivity contribution in [3.8, 4) is 11.8 Å². The van der Waals surface area contributed by atoms with Gasteiger partial charge in [0.15, 0.2) is 0 Å². The molecule has 0 saturated heterocycles. The fourth-order valence-electron chi connectivity index (χ4n) is 4.44. The van der Waals surface area contributed by atoms with E-state index in [0.717, 1.165) is 55.2 Å². The second kappa shape index (κ2) is 10.9. The summed E-state index contributed by atoms with van der Waals surface area (Å²) >= 11 is 1.54. The Labute approximate surface area is 205 Å².